The number of fused-ring (bicyclic) bond motifs is 6. The smallest absolute Gasteiger partial charge is 0.298 e. The number of halogens is 6. The van der Waals surface area contributed by atoms with Gasteiger partial charge in [-0.1, -0.05) is 24.3 Å². The molecule has 0 heterocycles. The molecule has 0 spiro atoms. The van der Waals surface area contributed by atoms with Crippen molar-refractivity contribution < 1.29 is 35.9 Å². The summed E-state index contributed by atoms with van der Waals surface area (Å²) in [4.78, 5) is 22.1. The Balaban J connectivity index is 2.33. The standard InChI is InChI=1S/C19H8F6O2/c20-17(21)15-11-3-1-9(7-26)5-13(11)14-6-10(8-27)2-4-12(14)16(15)18(22,23)19(17,24)25/h1-8H. The highest BCUT2D eigenvalue weighted by Crippen LogP contribution is 2.65. The predicted molar refractivity (Wildman–Crippen MR) is 85.0 cm³/mol. The molecule has 4 rings (SSSR count). The number of carbonyl (C=O) groups is 2. The molecule has 138 valence electrons. The van der Waals surface area contributed by atoms with Gasteiger partial charge in [0.15, 0.2) is 0 Å². The van der Waals surface area contributed by atoms with Crippen LogP contribution in [0.1, 0.15) is 31.8 Å². The quantitative estimate of drug-likeness (QED) is 0.336. The number of hydrogen-bond acceptors (Lipinski definition) is 2. The van der Waals surface area contributed by atoms with Crippen molar-refractivity contribution in [1.82, 2.24) is 0 Å². The van der Waals surface area contributed by atoms with E-state index in [2.05, 4.69) is 0 Å². The van der Waals surface area contributed by atoms with E-state index in [9.17, 15) is 35.9 Å². The summed E-state index contributed by atoms with van der Waals surface area (Å²) in [6.07, 6.45) is 0.812. The summed E-state index contributed by atoms with van der Waals surface area (Å²) in [5.74, 6) is -15.9. The van der Waals surface area contributed by atoms with Gasteiger partial charge in [-0.05, 0) is 33.7 Å². The van der Waals surface area contributed by atoms with E-state index in [0.29, 0.717) is 12.6 Å². The van der Waals surface area contributed by atoms with Crippen molar-refractivity contribution >= 4 is 34.1 Å². The summed E-state index contributed by atoms with van der Waals surface area (Å²) in [5.41, 5.74) is -2.84. The minimum absolute atomic E-state index is 0.0417. The maximum absolute atomic E-state index is 14.4. The fourth-order valence-electron chi connectivity index (χ4n) is 3.58. The van der Waals surface area contributed by atoms with Crippen LogP contribution in [-0.2, 0) is 11.8 Å². The second-order valence-corrected chi connectivity index (χ2v) is 6.32. The molecule has 0 aromatic heterocycles. The lowest BCUT2D eigenvalue weighted by Gasteiger charge is -2.23. The first-order valence-corrected chi connectivity index (χ1v) is 7.66. The Labute approximate surface area is 147 Å². The van der Waals surface area contributed by atoms with Crippen LogP contribution in [0.15, 0.2) is 36.4 Å². The normalized spacial score (nSPS) is 19.2. The van der Waals surface area contributed by atoms with Gasteiger partial charge in [-0.25, -0.2) is 0 Å². The summed E-state index contributed by atoms with van der Waals surface area (Å²) in [7, 11) is 0. The second-order valence-electron chi connectivity index (χ2n) is 6.32. The van der Waals surface area contributed by atoms with Crippen LogP contribution in [0.4, 0.5) is 26.3 Å². The van der Waals surface area contributed by atoms with E-state index in [1.54, 1.807) is 0 Å². The summed E-state index contributed by atoms with van der Waals surface area (Å²) in [5, 5.41) is -1.23. The monoisotopic (exact) mass is 382 g/mol. The van der Waals surface area contributed by atoms with Gasteiger partial charge in [-0.3, -0.25) is 9.59 Å². The highest BCUT2D eigenvalue weighted by molar-refractivity contribution is 6.14. The molecule has 0 fully saturated rings. The maximum Gasteiger partial charge on any atom is 0.380 e. The van der Waals surface area contributed by atoms with Crippen LogP contribution < -0.4 is 0 Å². The summed E-state index contributed by atoms with van der Waals surface area (Å²) < 4.78 is 85.8. The molecule has 8 heteroatoms. The first kappa shape index (κ1) is 17.5. The Kier molecular flexibility index (Phi) is 3.30. The highest BCUT2D eigenvalue weighted by atomic mass is 19.3. The topological polar surface area (TPSA) is 34.1 Å². The van der Waals surface area contributed by atoms with Gasteiger partial charge in [-0.15, -0.1) is 0 Å². The zero-order valence-electron chi connectivity index (χ0n) is 13.2. The van der Waals surface area contributed by atoms with Gasteiger partial charge in [0.1, 0.15) is 12.6 Å². The summed E-state index contributed by atoms with van der Waals surface area (Å²) >= 11 is 0. The maximum atomic E-state index is 14.4. The second kappa shape index (κ2) is 5.09. The average Bonchev–Trinajstić information content (AvgIpc) is 2.75. The number of hydrogen-bond donors (Lipinski definition) is 0. The molecule has 0 radical (unpaired) electrons. The molecule has 0 unspecified atom stereocenters. The number of benzene rings is 3. The van der Waals surface area contributed by atoms with Crippen LogP contribution in [0.5, 0.6) is 0 Å². The Morgan fingerprint density at radius 3 is 1.30 bits per heavy atom. The van der Waals surface area contributed by atoms with Crippen molar-refractivity contribution in [3.63, 3.8) is 0 Å². The molecule has 2 nitrogen and oxygen atoms in total. The van der Waals surface area contributed by atoms with Gasteiger partial charge in [-0.2, -0.15) is 26.3 Å². The molecule has 3 aromatic carbocycles. The van der Waals surface area contributed by atoms with Gasteiger partial charge in [0.05, 0.1) is 0 Å². The molecule has 0 amide bonds. The van der Waals surface area contributed by atoms with Crippen LogP contribution >= 0.6 is 0 Å². The third kappa shape index (κ3) is 1.92. The van der Waals surface area contributed by atoms with E-state index in [1.165, 1.54) is 0 Å². The van der Waals surface area contributed by atoms with Crippen molar-refractivity contribution in [1.29, 1.82) is 0 Å². The summed E-state index contributed by atoms with van der Waals surface area (Å²) in [6, 6.07) is 6.33. The van der Waals surface area contributed by atoms with E-state index in [0.717, 1.165) is 36.4 Å². The molecular formula is C19H8F6O2. The Morgan fingerprint density at radius 2 is 0.963 bits per heavy atom. The molecule has 27 heavy (non-hydrogen) atoms. The van der Waals surface area contributed by atoms with Gasteiger partial charge < -0.3 is 0 Å². The van der Waals surface area contributed by atoms with Gasteiger partial charge in [0.2, 0.25) is 0 Å². The summed E-state index contributed by atoms with van der Waals surface area (Å²) in [6.45, 7) is 0. The van der Waals surface area contributed by atoms with Crippen molar-refractivity contribution in [2.24, 2.45) is 0 Å². The lowest BCUT2D eigenvalue weighted by atomic mass is 9.90. The third-order valence-corrected chi connectivity index (χ3v) is 4.85. The number of carbonyl (C=O) groups excluding carboxylic acids is 2. The van der Waals surface area contributed by atoms with Crippen molar-refractivity contribution in [2.75, 3.05) is 0 Å². The number of alkyl halides is 6. The van der Waals surface area contributed by atoms with Crippen LogP contribution in [0.25, 0.3) is 21.5 Å². The largest absolute Gasteiger partial charge is 0.380 e. The Bertz CT molecular complexity index is 1060. The van der Waals surface area contributed by atoms with Crippen molar-refractivity contribution in [2.45, 2.75) is 17.8 Å². The van der Waals surface area contributed by atoms with Crippen molar-refractivity contribution in [3.05, 3.63) is 58.7 Å². The van der Waals surface area contributed by atoms with Gasteiger partial charge in [0.25, 0.3) is 0 Å². The fourth-order valence-corrected chi connectivity index (χ4v) is 3.58. The molecule has 0 saturated carbocycles. The molecule has 0 N–H and O–H groups in total. The molecule has 0 bridgehead atoms. The first-order valence-electron chi connectivity index (χ1n) is 7.66. The number of rotatable bonds is 2. The predicted octanol–water partition coefficient (Wildman–Crippen LogP) is 5.45. The Hall–Kier alpha value is -2.90. The Morgan fingerprint density at radius 1 is 0.593 bits per heavy atom. The molecule has 0 saturated heterocycles. The van der Waals surface area contributed by atoms with Crippen LogP contribution in [0, 0.1) is 0 Å². The molecule has 0 atom stereocenters. The fraction of sp³-hybridized carbons (Fsp3) is 0.158. The van der Waals surface area contributed by atoms with Crippen molar-refractivity contribution in [3.8, 4) is 0 Å². The third-order valence-electron chi connectivity index (χ3n) is 4.85. The van der Waals surface area contributed by atoms with Crippen LogP contribution in [0.3, 0.4) is 0 Å². The van der Waals surface area contributed by atoms with Gasteiger partial charge >= 0.3 is 17.8 Å². The van der Waals surface area contributed by atoms with E-state index in [4.69, 9.17) is 0 Å². The molecule has 1 aliphatic carbocycles. The zero-order chi connectivity index (χ0) is 19.8. The van der Waals surface area contributed by atoms with E-state index in [-0.39, 0.29) is 21.9 Å². The lowest BCUT2D eigenvalue weighted by Crippen LogP contribution is -2.43. The van der Waals surface area contributed by atoms with Crippen LogP contribution in [-0.4, -0.2) is 18.5 Å². The molecular weight excluding hydrogens is 374 g/mol. The molecule has 3 aromatic rings. The van der Waals surface area contributed by atoms with E-state index in [1.807, 2.05) is 0 Å². The van der Waals surface area contributed by atoms with Crippen LogP contribution in [0.2, 0.25) is 0 Å². The van der Waals surface area contributed by atoms with Gasteiger partial charge in [0, 0.05) is 22.3 Å². The van der Waals surface area contributed by atoms with E-state index < -0.39 is 39.7 Å². The lowest BCUT2D eigenvalue weighted by molar-refractivity contribution is -0.301. The minimum atomic E-state index is -5.63. The minimum Gasteiger partial charge on any atom is -0.298 e. The first-order chi connectivity index (χ1) is 12.6. The average molecular weight is 382 g/mol. The SMILES string of the molecule is O=Cc1ccc2c3c(c4ccc(C=O)cc4c2c1)C(F)(F)C(F)(F)C3(F)F. The molecule has 0 aliphatic heterocycles. The van der Waals surface area contributed by atoms with E-state index >= 15 is 0 Å². The number of aldehydes is 2. The highest BCUT2D eigenvalue weighted by Gasteiger charge is 2.79. The molecule has 1 aliphatic rings. The zero-order valence-corrected chi connectivity index (χ0v) is 13.2.